The molecule has 51 heavy (non-hydrogen) atoms. The van der Waals surface area contributed by atoms with Gasteiger partial charge in [-0.2, -0.15) is 0 Å². The minimum Gasteiger partial charge on any atom is -0.497 e. The van der Waals surface area contributed by atoms with Gasteiger partial charge in [0.1, 0.15) is 29.0 Å². The molecule has 7 rings (SSSR count). The van der Waals surface area contributed by atoms with E-state index in [4.69, 9.17) is 19.2 Å². The molecule has 0 bridgehead atoms. The predicted octanol–water partition coefficient (Wildman–Crippen LogP) is 7.65. The Labute approximate surface area is 296 Å². The van der Waals surface area contributed by atoms with E-state index < -0.39 is 11.6 Å². The summed E-state index contributed by atoms with van der Waals surface area (Å²) in [6, 6.07) is 34.7. The van der Waals surface area contributed by atoms with Crippen LogP contribution < -0.4 is 29.7 Å². The van der Waals surface area contributed by atoms with Crippen molar-refractivity contribution < 1.29 is 23.8 Å². The Kier molecular flexibility index (Phi) is 9.06. The van der Waals surface area contributed by atoms with Gasteiger partial charge in [0.15, 0.2) is 11.5 Å². The summed E-state index contributed by atoms with van der Waals surface area (Å²) in [4.78, 5) is 35.8. The highest BCUT2D eigenvalue weighted by molar-refractivity contribution is 6.10. The molecule has 0 saturated carbocycles. The van der Waals surface area contributed by atoms with E-state index in [1.165, 1.54) is 4.90 Å². The van der Waals surface area contributed by atoms with Crippen LogP contribution in [0, 0.1) is 0 Å². The van der Waals surface area contributed by atoms with Crippen LogP contribution in [-0.2, 0) is 11.3 Å². The van der Waals surface area contributed by atoms with Gasteiger partial charge in [0.2, 0.25) is 12.7 Å². The zero-order valence-electron chi connectivity index (χ0n) is 28.9. The zero-order valence-corrected chi connectivity index (χ0v) is 28.9. The molecular formula is C41H39N5O5. The van der Waals surface area contributed by atoms with Gasteiger partial charge in [-0.15, -0.1) is 0 Å². The van der Waals surface area contributed by atoms with E-state index in [0.717, 1.165) is 22.6 Å². The Hall–Kier alpha value is -6.29. The zero-order chi connectivity index (χ0) is 35.5. The summed E-state index contributed by atoms with van der Waals surface area (Å²) >= 11 is 0. The van der Waals surface area contributed by atoms with E-state index in [-0.39, 0.29) is 18.6 Å². The molecule has 4 aromatic carbocycles. The molecule has 2 N–H and O–H groups in total. The third-order valence-corrected chi connectivity index (χ3v) is 8.50. The second-order valence-electron chi connectivity index (χ2n) is 13.3. The molecule has 258 valence electrons. The highest BCUT2D eigenvalue weighted by atomic mass is 16.7. The quantitative estimate of drug-likeness (QED) is 0.153. The van der Waals surface area contributed by atoms with Gasteiger partial charge in [-0.1, -0.05) is 54.6 Å². The lowest BCUT2D eigenvalue weighted by Crippen LogP contribution is -2.49. The largest absolute Gasteiger partial charge is 0.497 e. The van der Waals surface area contributed by atoms with Crippen molar-refractivity contribution >= 4 is 29.0 Å². The Morgan fingerprint density at radius 3 is 2.41 bits per heavy atom. The van der Waals surface area contributed by atoms with Gasteiger partial charge in [-0.05, 0) is 92.6 Å². The first-order valence-corrected chi connectivity index (χ1v) is 16.7. The number of benzene rings is 4. The number of carbonyl (C=O) groups is 2. The molecule has 0 radical (unpaired) electrons. The second kappa shape index (κ2) is 13.9. The summed E-state index contributed by atoms with van der Waals surface area (Å²) in [7, 11) is 1.58. The van der Waals surface area contributed by atoms with Crippen molar-refractivity contribution in [2.45, 2.75) is 38.9 Å². The molecule has 10 nitrogen and oxygen atoms in total. The normalized spacial score (nSPS) is 12.7. The molecule has 1 aliphatic heterocycles. The second-order valence-corrected chi connectivity index (χ2v) is 13.3. The minimum absolute atomic E-state index is 0.0802. The Morgan fingerprint density at radius 1 is 0.882 bits per heavy atom. The molecule has 2 aromatic heterocycles. The molecule has 3 heterocycles. The van der Waals surface area contributed by atoms with E-state index in [9.17, 15) is 9.59 Å². The van der Waals surface area contributed by atoms with Crippen LogP contribution in [0.5, 0.6) is 17.2 Å². The maximum absolute atomic E-state index is 15.0. The fourth-order valence-corrected chi connectivity index (χ4v) is 6.15. The first-order valence-electron chi connectivity index (χ1n) is 16.7. The molecule has 1 atom stereocenters. The van der Waals surface area contributed by atoms with E-state index in [0.29, 0.717) is 46.3 Å². The molecule has 0 spiro atoms. The molecule has 2 amide bonds. The minimum atomic E-state index is -1.07. The molecular weight excluding hydrogens is 642 g/mol. The van der Waals surface area contributed by atoms with Crippen LogP contribution in [0.25, 0.3) is 16.9 Å². The number of fused-ring (bicyclic) bond motifs is 2. The number of anilines is 2. The van der Waals surface area contributed by atoms with Crippen LogP contribution in [0.2, 0.25) is 0 Å². The lowest BCUT2D eigenvalue weighted by atomic mass is 9.98. The van der Waals surface area contributed by atoms with Crippen LogP contribution in [0.3, 0.4) is 0 Å². The summed E-state index contributed by atoms with van der Waals surface area (Å²) < 4.78 is 18.7. The average molecular weight is 682 g/mol. The highest BCUT2D eigenvalue weighted by Gasteiger charge is 2.36. The Morgan fingerprint density at radius 2 is 1.65 bits per heavy atom. The van der Waals surface area contributed by atoms with Crippen molar-refractivity contribution in [3.8, 4) is 28.5 Å². The van der Waals surface area contributed by atoms with Crippen molar-refractivity contribution in [2.75, 3.05) is 24.1 Å². The van der Waals surface area contributed by atoms with Crippen LogP contribution in [0.1, 0.15) is 48.3 Å². The Bertz CT molecular complexity index is 2190. The maximum atomic E-state index is 15.0. The molecule has 10 heteroatoms. The number of aromatic nitrogens is 2. The molecule has 1 aliphatic rings. The van der Waals surface area contributed by atoms with Crippen molar-refractivity contribution in [3.05, 3.63) is 138 Å². The van der Waals surface area contributed by atoms with Gasteiger partial charge in [0.25, 0.3) is 5.91 Å². The lowest BCUT2D eigenvalue weighted by molar-refractivity contribution is -0.123. The summed E-state index contributed by atoms with van der Waals surface area (Å²) in [5.41, 5.74) is 4.20. The van der Waals surface area contributed by atoms with Crippen molar-refractivity contribution in [2.24, 2.45) is 0 Å². The van der Waals surface area contributed by atoms with Gasteiger partial charge in [-0.3, -0.25) is 18.9 Å². The van der Waals surface area contributed by atoms with Crippen molar-refractivity contribution in [1.82, 2.24) is 14.7 Å². The number of hydrogen-bond donors (Lipinski definition) is 2. The van der Waals surface area contributed by atoms with E-state index in [1.807, 2.05) is 86.0 Å². The fraction of sp³-hybridized carbons (Fsp3) is 0.195. The smallest absolute Gasteiger partial charge is 0.259 e. The number of ether oxygens (including phenoxy) is 3. The van der Waals surface area contributed by atoms with Gasteiger partial charge in [0, 0.05) is 35.1 Å². The third kappa shape index (κ3) is 7.07. The number of methoxy groups -OCH3 is 1. The van der Waals surface area contributed by atoms with Crippen molar-refractivity contribution in [3.63, 3.8) is 0 Å². The third-order valence-electron chi connectivity index (χ3n) is 8.50. The lowest BCUT2D eigenvalue weighted by Gasteiger charge is -2.34. The topological polar surface area (TPSA) is 106 Å². The number of pyridine rings is 1. The van der Waals surface area contributed by atoms with Gasteiger partial charge < -0.3 is 24.8 Å². The number of amides is 2. The number of carbonyl (C=O) groups excluding carboxylic acids is 2. The van der Waals surface area contributed by atoms with E-state index in [1.54, 1.807) is 55.6 Å². The summed E-state index contributed by atoms with van der Waals surface area (Å²) in [6.07, 6.45) is 1.96. The SMILES string of the molecule is COc1ccc(N(C(=O)c2cccc(-c3nc4ccccn4c3NCc3ccccc3)c2)C(C(=O)NC(C)(C)C)c2ccc3c(c2)OCO3)cc1. The van der Waals surface area contributed by atoms with Gasteiger partial charge >= 0.3 is 0 Å². The van der Waals surface area contributed by atoms with Gasteiger partial charge in [-0.25, -0.2) is 4.98 Å². The number of nitrogens with one attached hydrogen (secondary N) is 2. The number of hydrogen-bond acceptors (Lipinski definition) is 7. The number of rotatable bonds is 10. The summed E-state index contributed by atoms with van der Waals surface area (Å²) in [6.45, 7) is 6.38. The van der Waals surface area contributed by atoms with E-state index in [2.05, 4.69) is 22.8 Å². The maximum Gasteiger partial charge on any atom is 0.259 e. The fourth-order valence-electron chi connectivity index (χ4n) is 6.15. The first-order chi connectivity index (χ1) is 24.7. The molecule has 0 saturated heterocycles. The molecule has 0 aliphatic carbocycles. The first kappa shape index (κ1) is 33.2. The van der Waals surface area contributed by atoms with Crippen LogP contribution >= 0.6 is 0 Å². The number of nitrogens with zero attached hydrogens (tertiary/aromatic N) is 3. The summed E-state index contributed by atoms with van der Waals surface area (Å²) in [5.74, 6) is 1.77. The van der Waals surface area contributed by atoms with Crippen LogP contribution in [-0.4, -0.2) is 40.6 Å². The molecule has 0 fully saturated rings. The van der Waals surface area contributed by atoms with Crippen LogP contribution in [0.15, 0.2) is 121 Å². The number of imidazole rings is 1. The molecule has 6 aromatic rings. The van der Waals surface area contributed by atoms with Gasteiger partial charge in [0.05, 0.1) is 7.11 Å². The standard InChI is InChI=1S/C41H39N5O5/c1-41(2,3)44-39(47)37(29-16-21-33-34(24-29)51-26-50-33)46(31-17-19-32(49-4)20-18-31)40(48)30-14-10-13-28(23-30)36-38(42-25-27-11-6-5-7-12-27)45-22-9-8-15-35(45)43-36/h5-24,37,42H,25-26H2,1-4H3,(H,44,47). The monoisotopic (exact) mass is 681 g/mol. The Balaban J connectivity index is 1.33. The molecule has 1 unspecified atom stereocenters. The van der Waals surface area contributed by atoms with Crippen molar-refractivity contribution in [1.29, 1.82) is 0 Å². The summed E-state index contributed by atoms with van der Waals surface area (Å²) in [5, 5.41) is 6.68. The predicted molar refractivity (Wildman–Crippen MR) is 197 cm³/mol. The van der Waals surface area contributed by atoms with E-state index >= 15 is 0 Å². The average Bonchev–Trinajstić information content (AvgIpc) is 3.77. The van der Waals surface area contributed by atoms with Crippen LogP contribution in [0.4, 0.5) is 11.5 Å². The highest BCUT2D eigenvalue weighted by Crippen LogP contribution is 2.39.